The first-order valence-electron chi connectivity index (χ1n) is 11.3. The number of hydrogen-bond acceptors (Lipinski definition) is 6. The molecular formula is C25H26BrN3O5S2. The first-order chi connectivity index (χ1) is 17.1. The second kappa shape index (κ2) is 11.2. The lowest BCUT2D eigenvalue weighted by Gasteiger charge is -2.32. The highest BCUT2D eigenvalue weighted by Crippen LogP contribution is 2.29. The third-order valence-corrected chi connectivity index (χ3v) is 9.48. The molecule has 0 saturated carbocycles. The Bertz CT molecular complexity index is 1370. The van der Waals surface area contributed by atoms with Gasteiger partial charge in [0, 0.05) is 35.5 Å². The number of nitrogens with one attached hydrogen (secondary N) is 2. The molecule has 4 rings (SSSR count). The Morgan fingerprint density at radius 1 is 1.14 bits per heavy atom. The van der Waals surface area contributed by atoms with Crippen LogP contribution >= 0.6 is 27.3 Å². The molecule has 0 radical (unpaired) electrons. The van der Waals surface area contributed by atoms with Gasteiger partial charge >= 0.3 is 5.97 Å². The van der Waals surface area contributed by atoms with Crippen LogP contribution in [-0.2, 0) is 16.6 Å². The van der Waals surface area contributed by atoms with E-state index in [0.717, 1.165) is 31.0 Å². The van der Waals surface area contributed by atoms with Crippen LogP contribution in [0, 0.1) is 6.92 Å². The average molecular weight is 593 g/mol. The number of sulfonamides is 1. The molecule has 8 nitrogen and oxygen atoms in total. The number of benzene rings is 2. The molecule has 1 aliphatic rings. The van der Waals surface area contributed by atoms with Gasteiger partial charge in [-0.1, -0.05) is 46.3 Å². The zero-order valence-corrected chi connectivity index (χ0v) is 22.7. The molecule has 1 saturated heterocycles. The van der Waals surface area contributed by atoms with Crippen molar-refractivity contribution in [3.05, 3.63) is 80.0 Å². The Kier molecular flexibility index (Phi) is 8.26. The minimum absolute atomic E-state index is 0.0682. The van der Waals surface area contributed by atoms with Crippen LogP contribution < -0.4 is 10.0 Å². The Balaban J connectivity index is 1.40. The molecule has 11 heteroatoms. The van der Waals surface area contributed by atoms with Crippen molar-refractivity contribution in [1.29, 1.82) is 0 Å². The highest BCUT2D eigenvalue weighted by molar-refractivity contribution is 9.10. The lowest BCUT2D eigenvalue weighted by atomic mass is 10.1. The third kappa shape index (κ3) is 6.22. The third-order valence-electron chi connectivity index (χ3n) is 6.11. The lowest BCUT2D eigenvalue weighted by Crippen LogP contribution is -2.44. The molecule has 0 spiro atoms. The summed E-state index contributed by atoms with van der Waals surface area (Å²) in [6, 6.07) is 14.5. The number of carbonyl (C=O) groups is 2. The second-order valence-corrected chi connectivity index (χ2v) is 12.1. The lowest BCUT2D eigenvalue weighted by molar-refractivity contribution is 0.0698. The minimum Gasteiger partial charge on any atom is -0.478 e. The fourth-order valence-electron chi connectivity index (χ4n) is 4.20. The number of rotatable bonds is 8. The largest absolute Gasteiger partial charge is 0.478 e. The number of likely N-dealkylation sites (tertiary alicyclic amines) is 1. The van der Waals surface area contributed by atoms with Gasteiger partial charge in [0.1, 0.15) is 0 Å². The predicted octanol–water partition coefficient (Wildman–Crippen LogP) is 4.71. The second-order valence-electron chi connectivity index (χ2n) is 8.66. The molecule has 2 aromatic carbocycles. The summed E-state index contributed by atoms with van der Waals surface area (Å²) in [6.07, 6.45) is 1.40. The summed E-state index contributed by atoms with van der Waals surface area (Å²) >= 11 is 4.24. The van der Waals surface area contributed by atoms with Crippen LogP contribution in [0.1, 0.15) is 44.0 Å². The van der Waals surface area contributed by atoms with Crippen molar-refractivity contribution in [3.8, 4) is 0 Å². The Morgan fingerprint density at radius 3 is 2.50 bits per heavy atom. The Labute approximate surface area is 222 Å². The maximum atomic E-state index is 13.1. The fraction of sp³-hybridized carbons (Fsp3) is 0.280. The van der Waals surface area contributed by atoms with E-state index in [9.17, 15) is 23.1 Å². The molecule has 0 bridgehead atoms. The first-order valence-corrected chi connectivity index (χ1v) is 14.5. The smallest absolute Gasteiger partial charge is 0.337 e. The summed E-state index contributed by atoms with van der Waals surface area (Å²) in [5.74, 6) is -1.74. The van der Waals surface area contributed by atoms with Gasteiger partial charge in [0.2, 0.25) is 10.0 Å². The topological polar surface area (TPSA) is 116 Å². The number of hydrogen-bond donors (Lipinski definition) is 3. The number of halogens is 1. The fourth-order valence-corrected chi connectivity index (χ4v) is 7.43. The van der Waals surface area contributed by atoms with Crippen molar-refractivity contribution >= 4 is 54.9 Å². The highest BCUT2D eigenvalue weighted by Gasteiger charge is 2.28. The molecule has 2 heterocycles. The number of carbonyl (C=O) groups excluding carboxylic acids is 1. The van der Waals surface area contributed by atoms with E-state index >= 15 is 0 Å². The number of aromatic carboxylic acids is 1. The van der Waals surface area contributed by atoms with Gasteiger partial charge in [-0.15, -0.1) is 11.3 Å². The predicted molar refractivity (Wildman–Crippen MR) is 143 cm³/mol. The van der Waals surface area contributed by atoms with Crippen LogP contribution in [0.2, 0.25) is 0 Å². The molecule has 0 atom stereocenters. The molecular weight excluding hydrogens is 566 g/mol. The van der Waals surface area contributed by atoms with Gasteiger partial charge in [-0.3, -0.25) is 9.69 Å². The summed E-state index contributed by atoms with van der Waals surface area (Å²) < 4.78 is 29.6. The molecule has 0 aliphatic carbocycles. The van der Waals surface area contributed by atoms with Crippen LogP contribution in [0.3, 0.4) is 0 Å². The summed E-state index contributed by atoms with van der Waals surface area (Å²) in [6.45, 7) is 4.00. The number of carboxylic acids is 1. The van der Waals surface area contributed by atoms with Crippen LogP contribution in [0.15, 0.2) is 63.3 Å². The monoisotopic (exact) mass is 591 g/mol. The van der Waals surface area contributed by atoms with Crippen molar-refractivity contribution in [2.24, 2.45) is 0 Å². The molecule has 0 unspecified atom stereocenters. The molecule has 1 aromatic heterocycles. The van der Waals surface area contributed by atoms with Crippen LogP contribution in [0.4, 0.5) is 5.69 Å². The molecule has 3 aromatic rings. The van der Waals surface area contributed by atoms with Gasteiger partial charge in [0.25, 0.3) is 5.91 Å². The normalized spacial score (nSPS) is 15.1. The number of nitrogens with zero attached hydrogens (tertiary/aromatic N) is 1. The minimum atomic E-state index is -3.82. The van der Waals surface area contributed by atoms with Gasteiger partial charge in [0.15, 0.2) is 0 Å². The van der Waals surface area contributed by atoms with Gasteiger partial charge in [0.05, 0.1) is 21.0 Å². The zero-order chi connectivity index (χ0) is 25.9. The molecule has 1 fully saturated rings. The number of amides is 1. The summed E-state index contributed by atoms with van der Waals surface area (Å²) in [7, 11) is -3.82. The number of anilines is 1. The van der Waals surface area contributed by atoms with Crippen molar-refractivity contribution in [2.45, 2.75) is 37.2 Å². The summed E-state index contributed by atoms with van der Waals surface area (Å²) in [4.78, 5) is 27.0. The van der Waals surface area contributed by atoms with E-state index in [-0.39, 0.29) is 27.1 Å². The maximum Gasteiger partial charge on any atom is 0.337 e. The van der Waals surface area contributed by atoms with E-state index in [1.807, 2.05) is 18.2 Å². The Hall–Kier alpha value is -2.57. The van der Waals surface area contributed by atoms with E-state index in [1.54, 1.807) is 13.0 Å². The molecule has 1 aliphatic heterocycles. The number of piperidine rings is 1. The number of thiophene rings is 1. The van der Waals surface area contributed by atoms with Gasteiger partial charge in [-0.2, -0.15) is 0 Å². The SMILES string of the molecule is Cc1c(S(=O)(=O)NC2CCN(Cc3ccccc3)CC2)csc1C(=O)Nc1ccc(Br)cc1C(=O)O. The Morgan fingerprint density at radius 2 is 1.83 bits per heavy atom. The average Bonchev–Trinajstić information content (AvgIpc) is 3.24. The van der Waals surface area contributed by atoms with E-state index in [4.69, 9.17) is 0 Å². The van der Waals surface area contributed by atoms with Crippen LogP contribution in [0.5, 0.6) is 0 Å². The molecule has 36 heavy (non-hydrogen) atoms. The van der Waals surface area contributed by atoms with Gasteiger partial charge in [-0.25, -0.2) is 17.9 Å². The number of carboxylic acid groups (broad SMARTS) is 1. The van der Waals surface area contributed by atoms with E-state index < -0.39 is 21.9 Å². The maximum absolute atomic E-state index is 13.1. The van der Waals surface area contributed by atoms with Gasteiger partial charge in [-0.05, 0) is 49.1 Å². The highest BCUT2D eigenvalue weighted by atomic mass is 79.9. The van der Waals surface area contributed by atoms with E-state index in [1.165, 1.54) is 23.1 Å². The van der Waals surface area contributed by atoms with Crippen molar-refractivity contribution < 1.29 is 23.1 Å². The summed E-state index contributed by atoms with van der Waals surface area (Å²) in [5.41, 5.74) is 1.63. The zero-order valence-electron chi connectivity index (χ0n) is 19.5. The van der Waals surface area contributed by atoms with E-state index in [0.29, 0.717) is 22.9 Å². The van der Waals surface area contributed by atoms with Crippen LogP contribution in [0.25, 0.3) is 0 Å². The van der Waals surface area contributed by atoms with Gasteiger partial charge < -0.3 is 10.4 Å². The molecule has 190 valence electrons. The first kappa shape index (κ1) is 26.5. The standard InChI is InChI=1S/C25H26BrN3O5S2/c1-16-22(15-35-23(16)24(30)27-21-8-7-18(26)13-20(21)25(31)32)36(33,34)28-19-9-11-29(12-10-19)14-17-5-3-2-4-6-17/h2-8,13,15,19,28H,9-12,14H2,1H3,(H,27,30)(H,31,32). The van der Waals surface area contributed by atoms with Crippen molar-refractivity contribution in [2.75, 3.05) is 18.4 Å². The quantitative estimate of drug-likeness (QED) is 0.349. The molecule has 1 amide bonds. The van der Waals surface area contributed by atoms with Crippen molar-refractivity contribution in [1.82, 2.24) is 9.62 Å². The molecule has 3 N–H and O–H groups in total. The van der Waals surface area contributed by atoms with E-state index in [2.05, 4.69) is 43.0 Å². The summed E-state index contributed by atoms with van der Waals surface area (Å²) in [5, 5.41) is 13.5. The van der Waals surface area contributed by atoms with Crippen LogP contribution in [-0.4, -0.2) is 49.4 Å². The van der Waals surface area contributed by atoms with Crippen molar-refractivity contribution in [3.63, 3.8) is 0 Å².